The highest BCUT2D eigenvalue weighted by atomic mass is 16.5. The fourth-order valence-corrected chi connectivity index (χ4v) is 1.85. The Morgan fingerprint density at radius 3 is 2.57 bits per heavy atom. The Bertz CT molecular complexity index is 623. The molecule has 0 aliphatic heterocycles. The van der Waals surface area contributed by atoms with Gasteiger partial charge in [0.25, 0.3) is 0 Å². The van der Waals surface area contributed by atoms with E-state index in [1.807, 2.05) is 18.2 Å². The number of nitrogens with zero attached hydrogens (tertiary/aromatic N) is 1. The minimum Gasteiger partial charge on any atom is -0.476 e. The number of nitrogens with one attached hydrogen (secondary N) is 1. The van der Waals surface area contributed by atoms with Gasteiger partial charge in [-0.15, -0.1) is 0 Å². The van der Waals surface area contributed by atoms with Gasteiger partial charge in [-0.05, 0) is 55.2 Å². The molecular formula is C17H23N3O. The number of aryl methyl sites for hydroxylation is 2. The maximum atomic E-state index is 5.90. The largest absolute Gasteiger partial charge is 0.476 e. The van der Waals surface area contributed by atoms with Crippen LogP contribution in [0.15, 0.2) is 30.3 Å². The van der Waals surface area contributed by atoms with E-state index in [1.54, 1.807) is 0 Å². The number of rotatable bonds is 5. The average molecular weight is 285 g/mol. The van der Waals surface area contributed by atoms with E-state index in [1.165, 1.54) is 11.1 Å². The van der Waals surface area contributed by atoms with Gasteiger partial charge in [-0.2, -0.15) is 4.98 Å². The van der Waals surface area contributed by atoms with Crippen LogP contribution < -0.4 is 15.8 Å². The number of ether oxygens (including phenoxy) is 1. The minimum atomic E-state index is 0.433. The number of anilines is 3. The summed E-state index contributed by atoms with van der Waals surface area (Å²) in [5.74, 6) is 1.64. The molecule has 4 nitrogen and oxygen atoms in total. The normalized spacial score (nSPS) is 10.7. The lowest BCUT2D eigenvalue weighted by molar-refractivity contribution is 0.263. The quantitative estimate of drug-likeness (QED) is 0.869. The second-order valence-corrected chi connectivity index (χ2v) is 5.72. The summed E-state index contributed by atoms with van der Waals surface area (Å²) in [5, 5.41) is 3.28. The van der Waals surface area contributed by atoms with Crippen LogP contribution in [0.3, 0.4) is 0 Å². The lowest BCUT2D eigenvalue weighted by Gasteiger charge is -2.13. The first-order valence-electron chi connectivity index (χ1n) is 7.19. The van der Waals surface area contributed by atoms with Gasteiger partial charge >= 0.3 is 0 Å². The third-order valence-corrected chi connectivity index (χ3v) is 3.22. The Hall–Kier alpha value is -2.23. The van der Waals surface area contributed by atoms with E-state index < -0.39 is 0 Å². The lowest BCUT2D eigenvalue weighted by Crippen LogP contribution is -2.08. The Morgan fingerprint density at radius 2 is 1.90 bits per heavy atom. The van der Waals surface area contributed by atoms with Crippen LogP contribution in [-0.4, -0.2) is 11.6 Å². The van der Waals surface area contributed by atoms with Crippen LogP contribution in [0, 0.1) is 19.8 Å². The monoisotopic (exact) mass is 285 g/mol. The van der Waals surface area contributed by atoms with Crippen LogP contribution in [0.5, 0.6) is 5.88 Å². The van der Waals surface area contributed by atoms with Crippen LogP contribution in [0.1, 0.15) is 25.0 Å². The highest BCUT2D eigenvalue weighted by Crippen LogP contribution is 2.24. The van der Waals surface area contributed by atoms with E-state index in [-0.39, 0.29) is 0 Å². The number of hydrogen-bond donors (Lipinski definition) is 2. The zero-order valence-electron chi connectivity index (χ0n) is 13.1. The van der Waals surface area contributed by atoms with Crippen molar-refractivity contribution in [3.8, 4) is 5.88 Å². The van der Waals surface area contributed by atoms with Crippen molar-refractivity contribution in [1.82, 2.24) is 4.98 Å². The maximum absolute atomic E-state index is 5.90. The van der Waals surface area contributed by atoms with E-state index in [0.717, 1.165) is 11.5 Å². The first kappa shape index (κ1) is 15.2. The van der Waals surface area contributed by atoms with Crippen molar-refractivity contribution in [2.45, 2.75) is 27.7 Å². The summed E-state index contributed by atoms with van der Waals surface area (Å²) >= 11 is 0. The summed E-state index contributed by atoms with van der Waals surface area (Å²) in [6, 6.07) is 9.89. The highest BCUT2D eigenvalue weighted by Gasteiger charge is 2.06. The first-order valence-corrected chi connectivity index (χ1v) is 7.19. The molecule has 0 fully saturated rings. The molecule has 0 aliphatic carbocycles. The Kier molecular flexibility index (Phi) is 4.68. The molecule has 2 aromatic rings. The second kappa shape index (κ2) is 6.48. The van der Waals surface area contributed by atoms with Crippen molar-refractivity contribution in [2.75, 3.05) is 17.7 Å². The van der Waals surface area contributed by atoms with Crippen LogP contribution in [0.4, 0.5) is 17.2 Å². The SMILES string of the molecule is Cc1ccc(Nc2ccc(N)c(OCC(C)C)n2)cc1C. The summed E-state index contributed by atoms with van der Waals surface area (Å²) < 4.78 is 5.64. The zero-order chi connectivity index (χ0) is 15.4. The molecule has 1 aromatic heterocycles. The number of aromatic nitrogens is 1. The van der Waals surface area contributed by atoms with Gasteiger partial charge in [0.15, 0.2) is 0 Å². The molecule has 4 heteroatoms. The van der Waals surface area contributed by atoms with Gasteiger partial charge in [0.1, 0.15) is 5.82 Å². The summed E-state index contributed by atoms with van der Waals surface area (Å²) in [6.07, 6.45) is 0. The number of pyridine rings is 1. The van der Waals surface area contributed by atoms with E-state index >= 15 is 0 Å². The number of nitrogen functional groups attached to an aromatic ring is 1. The van der Waals surface area contributed by atoms with Crippen LogP contribution in [0.2, 0.25) is 0 Å². The molecular weight excluding hydrogens is 262 g/mol. The summed E-state index contributed by atoms with van der Waals surface area (Å²) in [6.45, 7) is 8.97. The van der Waals surface area contributed by atoms with Crippen molar-refractivity contribution in [3.63, 3.8) is 0 Å². The summed E-state index contributed by atoms with van der Waals surface area (Å²) in [5.41, 5.74) is 9.97. The lowest BCUT2D eigenvalue weighted by atomic mass is 10.1. The summed E-state index contributed by atoms with van der Waals surface area (Å²) in [4.78, 5) is 4.43. The molecule has 0 amide bonds. The maximum Gasteiger partial charge on any atom is 0.239 e. The molecule has 0 saturated carbocycles. The Labute approximate surface area is 126 Å². The fourth-order valence-electron chi connectivity index (χ4n) is 1.85. The third-order valence-electron chi connectivity index (χ3n) is 3.22. The van der Waals surface area contributed by atoms with E-state index in [2.05, 4.69) is 50.1 Å². The molecule has 0 bridgehead atoms. The first-order chi connectivity index (χ1) is 9.95. The summed E-state index contributed by atoms with van der Waals surface area (Å²) in [7, 11) is 0. The van der Waals surface area contributed by atoms with Gasteiger partial charge in [0.2, 0.25) is 5.88 Å². The predicted octanol–water partition coefficient (Wildman–Crippen LogP) is 4.06. The number of hydrogen-bond acceptors (Lipinski definition) is 4. The van der Waals surface area contributed by atoms with Crippen molar-refractivity contribution in [2.24, 2.45) is 5.92 Å². The van der Waals surface area contributed by atoms with Gasteiger partial charge in [0, 0.05) is 5.69 Å². The van der Waals surface area contributed by atoms with Crippen molar-refractivity contribution < 1.29 is 4.74 Å². The molecule has 1 heterocycles. The molecule has 0 unspecified atom stereocenters. The van der Waals surface area contributed by atoms with Crippen LogP contribution in [0.25, 0.3) is 0 Å². The molecule has 112 valence electrons. The highest BCUT2D eigenvalue weighted by molar-refractivity contribution is 5.61. The van der Waals surface area contributed by atoms with Gasteiger partial charge in [-0.1, -0.05) is 19.9 Å². The number of benzene rings is 1. The van der Waals surface area contributed by atoms with Crippen LogP contribution in [-0.2, 0) is 0 Å². The van der Waals surface area contributed by atoms with Crippen molar-refractivity contribution in [1.29, 1.82) is 0 Å². The molecule has 21 heavy (non-hydrogen) atoms. The van der Waals surface area contributed by atoms with Crippen molar-refractivity contribution >= 4 is 17.2 Å². The molecule has 0 atom stereocenters. The Morgan fingerprint density at radius 1 is 1.14 bits per heavy atom. The van der Waals surface area contributed by atoms with Gasteiger partial charge in [-0.25, -0.2) is 0 Å². The molecule has 0 spiro atoms. The molecule has 1 aromatic carbocycles. The topological polar surface area (TPSA) is 60.2 Å². The smallest absolute Gasteiger partial charge is 0.239 e. The van der Waals surface area contributed by atoms with Gasteiger partial charge in [-0.3, -0.25) is 0 Å². The predicted molar refractivity (Wildman–Crippen MR) is 88.2 cm³/mol. The Balaban J connectivity index is 2.16. The van der Waals surface area contributed by atoms with Crippen LogP contribution >= 0.6 is 0 Å². The van der Waals surface area contributed by atoms with E-state index in [9.17, 15) is 0 Å². The molecule has 0 saturated heterocycles. The molecule has 2 rings (SSSR count). The number of nitrogens with two attached hydrogens (primary N) is 1. The third kappa shape index (κ3) is 4.12. The molecule has 0 radical (unpaired) electrons. The van der Waals surface area contributed by atoms with E-state index in [0.29, 0.717) is 24.1 Å². The fraction of sp³-hybridized carbons (Fsp3) is 0.353. The zero-order valence-corrected chi connectivity index (χ0v) is 13.1. The van der Waals surface area contributed by atoms with Crippen molar-refractivity contribution in [3.05, 3.63) is 41.5 Å². The standard InChI is InChI=1S/C17H23N3O/c1-11(2)10-21-17-15(18)7-8-16(20-17)19-14-6-5-12(3)13(4)9-14/h5-9,11H,10,18H2,1-4H3,(H,19,20). The molecule has 3 N–H and O–H groups in total. The van der Waals surface area contributed by atoms with Gasteiger partial charge in [0.05, 0.1) is 12.3 Å². The average Bonchev–Trinajstić information content (AvgIpc) is 2.43. The van der Waals surface area contributed by atoms with E-state index in [4.69, 9.17) is 10.5 Å². The second-order valence-electron chi connectivity index (χ2n) is 5.72. The molecule has 0 aliphatic rings. The van der Waals surface area contributed by atoms with Gasteiger partial charge < -0.3 is 15.8 Å². The minimum absolute atomic E-state index is 0.433.